The fourth-order valence-electron chi connectivity index (χ4n) is 2.88. The van der Waals surface area contributed by atoms with Crippen LogP contribution in [0.25, 0.3) is 0 Å². The third-order valence-corrected chi connectivity index (χ3v) is 3.86. The van der Waals surface area contributed by atoms with Gasteiger partial charge in [-0.1, -0.05) is 6.07 Å². The first kappa shape index (κ1) is 15.6. The number of rotatable bonds is 2. The number of aromatic nitrogens is 1. The van der Waals surface area contributed by atoms with Crippen LogP contribution in [0.3, 0.4) is 0 Å². The van der Waals surface area contributed by atoms with Gasteiger partial charge in [0.1, 0.15) is 17.2 Å². The van der Waals surface area contributed by atoms with Crippen molar-refractivity contribution >= 4 is 0 Å². The Morgan fingerprint density at radius 3 is 2.78 bits per heavy atom. The number of nitrogens with zero attached hydrogens (tertiary/aromatic N) is 1. The van der Waals surface area contributed by atoms with Crippen LogP contribution in [-0.2, 0) is 5.54 Å². The van der Waals surface area contributed by atoms with Crippen LogP contribution in [0.4, 0.5) is 13.2 Å². The van der Waals surface area contributed by atoms with Crippen molar-refractivity contribution in [3.63, 3.8) is 0 Å². The van der Waals surface area contributed by atoms with Gasteiger partial charge in [0, 0.05) is 12.6 Å². The minimum atomic E-state index is -4.72. The van der Waals surface area contributed by atoms with Crippen molar-refractivity contribution in [1.29, 1.82) is 0 Å². The average molecular weight is 324 g/mol. The van der Waals surface area contributed by atoms with Gasteiger partial charge in [0.05, 0.1) is 12.1 Å². The van der Waals surface area contributed by atoms with Crippen LogP contribution in [0.1, 0.15) is 23.2 Å². The normalized spacial score (nSPS) is 20.6. The molecule has 2 heterocycles. The molecule has 3 rings (SSSR count). The van der Waals surface area contributed by atoms with E-state index in [0.29, 0.717) is 35.6 Å². The molecule has 0 radical (unpaired) electrons. The topological polar surface area (TPSA) is 57.4 Å². The van der Waals surface area contributed by atoms with Crippen molar-refractivity contribution in [2.24, 2.45) is 5.73 Å². The van der Waals surface area contributed by atoms with E-state index in [1.165, 1.54) is 12.1 Å². The molecule has 1 aromatic heterocycles. The van der Waals surface area contributed by atoms with E-state index in [1.807, 2.05) is 0 Å². The Bertz CT molecular complexity index is 734. The number of nitrogens with two attached hydrogens (primary N) is 1. The van der Waals surface area contributed by atoms with E-state index in [-0.39, 0.29) is 5.75 Å². The molecule has 0 saturated carbocycles. The Morgan fingerprint density at radius 2 is 2.09 bits per heavy atom. The van der Waals surface area contributed by atoms with Gasteiger partial charge < -0.3 is 15.2 Å². The Balaban J connectivity index is 2.02. The summed E-state index contributed by atoms with van der Waals surface area (Å²) in [6.45, 7) is 2.11. The maximum atomic E-state index is 12.3. The second-order valence-corrected chi connectivity index (χ2v) is 5.44. The van der Waals surface area contributed by atoms with Gasteiger partial charge in [0.25, 0.3) is 0 Å². The Kier molecular flexibility index (Phi) is 3.68. The lowest BCUT2D eigenvalue weighted by molar-refractivity contribution is -0.274. The van der Waals surface area contributed by atoms with Gasteiger partial charge in [0.15, 0.2) is 0 Å². The molecular weight excluding hydrogens is 309 g/mol. The highest BCUT2D eigenvalue weighted by Gasteiger charge is 2.38. The van der Waals surface area contributed by atoms with Crippen LogP contribution in [0.15, 0.2) is 36.5 Å². The highest BCUT2D eigenvalue weighted by molar-refractivity contribution is 5.48. The van der Waals surface area contributed by atoms with E-state index in [0.717, 1.165) is 0 Å². The van der Waals surface area contributed by atoms with E-state index >= 15 is 0 Å². The maximum Gasteiger partial charge on any atom is 0.573 e. The lowest BCUT2D eigenvalue weighted by Crippen LogP contribution is -2.43. The highest BCUT2D eigenvalue weighted by Crippen LogP contribution is 2.40. The molecule has 0 fully saturated rings. The second kappa shape index (κ2) is 5.42. The van der Waals surface area contributed by atoms with Crippen molar-refractivity contribution in [2.45, 2.75) is 25.2 Å². The summed E-state index contributed by atoms with van der Waals surface area (Å²) in [7, 11) is 0. The van der Waals surface area contributed by atoms with Gasteiger partial charge in [-0.2, -0.15) is 0 Å². The molecule has 1 aliphatic heterocycles. The summed E-state index contributed by atoms with van der Waals surface area (Å²) in [4.78, 5) is 4.31. The number of pyridine rings is 1. The minimum Gasteiger partial charge on any atom is -0.491 e. The summed E-state index contributed by atoms with van der Waals surface area (Å²) in [5, 5.41) is 0. The van der Waals surface area contributed by atoms with Crippen LogP contribution >= 0.6 is 0 Å². The van der Waals surface area contributed by atoms with Crippen LogP contribution in [0.5, 0.6) is 11.5 Å². The van der Waals surface area contributed by atoms with E-state index < -0.39 is 11.9 Å². The third-order valence-electron chi connectivity index (χ3n) is 3.86. The molecule has 0 unspecified atom stereocenters. The first-order chi connectivity index (χ1) is 10.8. The zero-order chi connectivity index (χ0) is 16.7. The predicted octanol–water partition coefficient (Wildman–Crippen LogP) is 3.27. The molecule has 1 atom stereocenters. The zero-order valence-corrected chi connectivity index (χ0v) is 12.4. The van der Waals surface area contributed by atoms with Crippen LogP contribution in [0, 0.1) is 6.92 Å². The number of hydrogen-bond acceptors (Lipinski definition) is 4. The lowest BCUT2D eigenvalue weighted by atomic mass is 9.80. The van der Waals surface area contributed by atoms with Crippen LogP contribution in [0.2, 0.25) is 0 Å². The molecule has 122 valence electrons. The quantitative estimate of drug-likeness (QED) is 0.921. The van der Waals surface area contributed by atoms with Crippen molar-refractivity contribution < 1.29 is 22.6 Å². The van der Waals surface area contributed by atoms with E-state index in [4.69, 9.17) is 10.5 Å². The van der Waals surface area contributed by atoms with Gasteiger partial charge in [-0.25, -0.2) is 0 Å². The Morgan fingerprint density at radius 1 is 1.30 bits per heavy atom. The molecular formula is C16H15F3N2O2. The first-order valence-corrected chi connectivity index (χ1v) is 7.04. The van der Waals surface area contributed by atoms with Crippen molar-refractivity contribution in [2.75, 3.05) is 6.61 Å². The predicted molar refractivity (Wildman–Crippen MR) is 77.2 cm³/mol. The van der Waals surface area contributed by atoms with Crippen LogP contribution < -0.4 is 15.2 Å². The molecule has 0 bridgehead atoms. The Labute approximate surface area is 131 Å². The van der Waals surface area contributed by atoms with Crippen LogP contribution in [-0.4, -0.2) is 18.0 Å². The molecule has 23 heavy (non-hydrogen) atoms. The molecule has 2 aromatic rings. The van der Waals surface area contributed by atoms with Gasteiger partial charge in [0.2, 0.25) is 0 Å². The molecule has 4 nitrogen and oxygen atoms in total. The standard InChI is InChI=1S/C16H15F3N2O2/c1-10-9-11(23-16(17,18)19)4-5-12(10)15(20)6-8-22-13-3-2-7-21-14(13)15/h2-5,7,9H,6,8,20H2,1H3/t15-/m0/s1. The molecule has 1 aliphatic rings. The number of alkyl halides is 3. The molecule has 2 N–H and O–H groups in total. The lowest BCUT2D eigenvalue weighted by Gasteiger charge is -2.35. The van der Waals surface area contributed by atoms with Gasteiger partial charge >= 0.3 is 6.36 Å². The number of ether oxygens (including phenoxy) is 2. The molecule has 7 heteroatoms. The van der Waals surface area contributed by atoms with Crippen molar-refractivity contribution in [3.8, 4) is 11.5 Å². The third kappa shape index (κ3) is 2.96. The highest BCUT2D eigenvalue weighted by atomic mass is 19.4. The monoisotopic (exact) mass is 324 g/mol. The van der Waals surface area contributed by atoms with E-state index in [1.54, 1.807) is 31.3 Å². The number of halogens is 3. The minimum absolute atomic E-state index is 0.268. The molecule has 0 amide bonds. The summed E-state index contributed by atoms with van der Waals surface area (Å²) in [6.07, 6.45) is -2.62. The van der Waals surface area contributed by atoms with E-state index in [9.17, 15) is 13.2 Å². The smallest absolute Gasteiger partial charge is 0.491 e. The average Bonchev–Trinajstić information content (AvgIpc) is 2.46. The zero-order valence-electron chi connectivity index (χ0n) is 12.4. The fourth-order valence-corrected chi connectivity index (χ4v) is 2.88. The van der Waals surface area contributed by atoms with Gasteiger partial charge in [-0.3, -0.25) is 4.98 Å². The van der Waals surface area contributed by atoms with Gasteiger partial charge in [-0.15, -0.1) is 13.2 Å². The number of hydrogen-bond donors (Lipinski definition) is 1. The maximum absolute atomic E-state index is 12.3. The fraction of sp³-hybridized carbons (Fsp3) is 0.312. The number of fused-ring (bicyclic) bond motifs is 1. The molecule has 0 spiro atoms. The van der Waals surface area contributed by atoms with Gasteiger partial charge in [-0.05, 0) is 42.3 Å². The number of benzene rings is 1. The largest absolute Gasteiger partial charge is 0.573 e. The summed E-state index contributed by atoms with van der Waals surface area (Å²) in [5.41, 5.74) is 7.55. The molecule has 0 saturated heterocycles. The summed E-state index contributed by atoms with van der Waals surface area (Å²) >= 11 is 0. The molecule has 0 aliphatic carbocycles. The summed E-state index contributed by atoms with van der Waals surface area (Å²) < 4.78 is 46.5. The van der Waals surface area contributed by atoms with Crippen molar-refractivity contribution in [1.82, 2.24) is 4.98 Å². The Hall–Kier alpha value is -2.28. The second-order valence-electron chi connectivity index (χ2n) is 5.44. The van der Waals surface area contributed by atoms with Crippen molar-refractivity contribution in [3.05, 3.63) is 53.3 Å². The van der Waals surface area contributed by atoms with E-state index in [2.05, 4.69) is 9.72 Å². The summed E-state index contributed by atoms with van der Waals surface area (Å²) in [6, 6.07) is 7.68. The first-order valence-electron chi connectivity index (χ1n) is 7.04. The SMILES string of the molecule is Cc1cc(OC(F)(F)F)ccc1[C@@]1(N)CCOc2cccnc21. The summed E-state index contributed by atoms with van der Waals surface area (Å²) in [5.74, 6) is 0.326. The molecule has 1 aromatic carbocycles. The number of aryl methyl sites for hydroxylation is 1.